The molecule has 1 aromatic carbocycles. The summed E-state index contributed by atoms with van der Waals surface area (Å²) in [5, 5.41) is 7.25. The van der Waals surface area contributed by atoms with Gasteiger partial charge in [0, 0.05) is 31.0 Å². The van der Waals surface area contributed by atoms with Crippen molar-refractivity contribution in [3.05, 3.63) is 54.6 Å². The smallest absolute Gasteiger partial charge is 0.147 e. The van der Waals surface area contributed by atoms with Crippen molar-refractivity contribution in [2.75, 3.05) is 18.5 Å². The third-order valence-corrected chi connectivity index (χ3v) is 6.09. The van der Waals surface area contributed by atoms with Crippen LogP contribution in [0.1, 0.15) is 32.1 Å². The van der Waals surface area contributed by atoms with Gasteiger partial charge in [0.05, 0.1) is 12.1 Å². The highest BCUT2D eigenvalue weighted by molar-refractivity contribution is 5.88. The van der Waals surface area contributed by atoms with Gasteiger partial charge < -0.3 is 5.43 Å². The maximum Gasteiger partial charge on any atom is 0.147 e. The number of halogens is 1. The number of nitrogens with one attached hydrogen (secondary N) is 1. The summed E-state index contributed by atoms with van der Waals surface area (Å²) in [4.78, 5) is 4.17. The van der Waals surface area contributed by atoms with Crippen LogP contribution in [0.25, 0.3) is 22.4 Å². The van der Waals surface area contributed by atoms with Gasteiger partial charge >= 0.3 is 0 Å². The molecule has 0 amide bonds. The standard InChI is InChI=1S/C23H26FN5/c24-20-8-6-19(7-9-20)22-21(18-10-12-25-13-11-18)23-27-28(14-15-29(23)26-22)16-17-4-2-1-3-5-17/h6-13,17,27H,1-5,14-16H2. The van der Waals surface area contributed by atoms with Gasteiger partial charge in [-0.2, -0.15) is 5.10 Å². The molecule has 2 aliphatic rings. The van der Waals surface area contributed by atoms with Crippen molar-refractivity contribution >= 4 is 5.82 Å². The summed E-state index contributed by atoms with van der Waals surface area (Å²) in [7, 11) is 0. The number of pyridine rings is 1. The van der Waals surface area contributed by atoms with Gasteiger partial charge in [0.15, 0.2) is 0 Å². The Labute approximate surface area is 170 Å². The van der Waals surface area contributed by atoms with Crippen LogP contribution in [0, 0.1) is 11.7 Å². The maximum atomic E-state index is 13.5. The van der Waals surface area contributed by atoms with Crippen molar-refractivity contribution in [3.63, 3.8) is 0 Å². The van der Waals surface area contributed by atoms with Crippen molar-refractivity contribution in [2.45, 2.75) is 38.6 Å². The number of hydrogen-bond acceptors (Lipinski definition) is 4. The molecule has 29 heavy (non-hydrogen) atoms. The highest BCUT2D eigenvalue weighted by Crippen LogP contribution is 2.39. The molecular formula is C23H26FN5. The van der Waals surface area contributed by atoms with E-state index in [9.17, 15) is 4.39 Å². The van der Waals surface area contributed by atoms with Crippen LogP contribution in [0.3, 0.4) is 0 Å². The summed E-state index contributed by atoms with van der Waals surface area (Å²) in [5.74, 6) is 1.55. The molecule has 150 valence electrons. The van der Waals surface area contributed by atoms with Gasteiger partial charge in [0.25, 0.3) is 0 Å². The van der Waals surface area contributed by atoms with Gasteiger partial charge in [-0.25, -0.2) is 14.1 Å². The largest absolute Gasteiger partial charge is 0.303 e. The molecule has 1 N–H and O–H groups in total. The predicted molar refractivity (Wildman–Crippen MR) is 113 cm³/mol. The van der Waals surface area contributed by atoms with Crippen LogP contribution in [0.4, 0.5) is 10.2 Å². The number of rotatable bonds is 4. The number of benzene rings is 1. The zero-order chi connectivity index (χ0) is 19.6. The van der Waals surface area contributed by atoms with E-state index in [-0.39, 0.29) is 5.82 Å². The molecule has 0 bridgehead atoms. The van der Waals surface area contributed by atoms with E-state index in [1.54, 1.807) is 24.5 Å². The average Bonchev–Trinajstić information content (AvgIpc) is 3.14. The quantitative estimate of drug-likeness (QED) is 0.682. The fourth-order valence-electron chi connectivity index (χ4n) is 4.58. The number of hydrazine groups is 1. The summed E-state index contributed by atoms with van der Waals surface area (Å²) < 4.78 is 15.5. The third-order valence-electron chi connectivity index (χ3n) is 6.09. The van der Waals surface area contributed by atoms with Crippen LogP contribution in [0.2, 0.25) is 0 Å². The summed E-state index contributed by atoms with van der Waals surface area (Å²) in [6, 6.07) is 10.6. The Hall–Kier alpha value is -2.73. The minimum absolute atomic E-state index is 0.236. The van der Waals surface area contributed by atoms with E-state index >= 15 is 0 Å². The lowest BCUT2D eigenvalue weighted by Gasteiger charge is -2.34. The lowest BCUT2D eigenvalue weighted by Crippen LogP contribution is -2.42. The van der Waals surface area contributed by atoms with E-state index in [0.717, 1.165) is 53.8 Å². The van der Waals surface area contributed by atoms with Crippen molar-refractivity contribution in [2.24, 2.45) is 5.92 Å². The zero-order valence-corrected chi connectivity index (χ0v) is 16.5. The Bertz CT molecular complexity index is 961. The van der Waals surface area contributed by atoms with E-state index in [4.69, 9.17) is 5.10 Å². The average molecular weight is 391 g/mol. The van der Waals surface area contributed by atoms with E-state index in [1.165, 1.54) is 44.2 Å². The molecule has 5 nitrogen and oxygen atoms in total. The van der Waals surface area contributed by atoms with Gasteiger partial charge in [-0.15, -0.1) is 0 Å². The first-order valence-electron chi connectivity index (χ1n) is 10.6. The fraction of sp³-hybridized carbons (Fsp3) is 0.391. The summed E-state index contributed by atoms with van der Waals surface area (Å²) in [6.07, 6.45) is 10.3. The van der Waals surface area contributed by atoms with E-state index in [0.29, 0.717) is 0 Å². The molecule has 1 fully saturated rings. The van der Waals surface area contributed by atoms with Crippen LogP contribution >= 0.6 is 0 Å². The SMILES string of the molecule is Fc1ccc(-c2nn3c(c2-c2ccncc2)NN(CC2CCCCC2)CC3)cc1. The second-order valence-electron chi connectivity index (χ2n) is 8.10. The first-order chi connectivity index (χ1) is 14.3. The Morgan fingerprint density at radius 2 is 1.69 bits per heavy atom. The molecule has 1 aliphatic heterocycles. The molecule has 6 heteroatoms. The predicted octanol–water partition coefficient (Wildman–Crippen LogP) is 4.97. The lowest BCUT2D eigenvalue weighted by molar-refractivity contribution is 0.210. The van der Waals surface area contributed by atoms with Crippen LogP contribution < -0.4 is 5.43 Å². The minimum atomic E-state index is -0.236. The Balaban J connectivity index is 1.51. The first kappa shape index (κ1) is 18.3. The number of hydrogen-bond donors (Lipinski definition) is 1. The van der Waals surface area contributed by atoms with E-state index in [1.807, 2.05) is 16.8 Å². The van der Waals surface area contributed by atoms with Gasteiger partial charge in [-0.05, 0) is 60.7 Å². The summed E-state index contributed by atoms with van der Waals surface area (Å²) in [6.45, 7) is 2.85. The minimum Gasteiger partial charge on any atom is -0.303 e. The summed E-state index contributed by atoms with van der Waals surface area (Å²) >= 11 is 0. The Morgan fingerprint density at radius 1 is 0.931 bits per heavy atom. The second-order valence-corrected chi connectivity index (χ2v) is 8.10. The topological polar surface area (TPSA) is 46.0 Å². The number of nitrogens with zero attached hydrogens (tertiary/aromatic N) is 4. The Kier molecular flexibility index (Phi) is 5.02. The second kappa shape index (κ2) is 7.95. The number of anilines is 1. The van der Waals surface area contributed by atoms with Crippen LogP contribution in [-0.4, -0.2) is 32.9 Å². The van der Waals surface area contributed by atoms with Crippen LogP contribution in [0.15, 0.2) is 48.8 Å². The van der Waals surface area contributed by atoms with Crippen LogP contribution in [0.5, 0.6) is 0 Å². The summed E-state index contributed by atoms with van der Waals surface area (Å²) in [5.41, 5.74) is 7.55. The normalized spacial score (nSPS) is 17.7. The zero-order valence-electron chi connectivity index (χ0n) is 16.5. The van der Waals surface area contributed by atoms with Gasteiger partial charge in [-0.1, -0.05) is 19.3 Å². The molecule has 0 saturated heterocycles. The molecule has 1 saturated carbocycles. The third kappa shape index (κ3) is 3.77. The van der Waals surface area contributed by atoms with E-state index in [2.05, 4.69) is 15.4 Å². The monoisotopic (exact) mass is 391 g/mol. The molecular weight excluding hydrogens is 365 g/mol. The molecule has 0 unspecified atom stereocenters. The molecule has 0 spiro atoms. The van der Waals surface area contributed by atoms with Gasteiger partial charge in [-0.3, -0.25) is 4.98 Å². The lowest BCUT2D eigenvalue weighted by atomic mass is 9.89. The molecule has 1 aliphatic carbocycles. The molecule has 5 rings (SSSR count). The van der Waals surface area contributed by atoms with Crippen LogP contribution in [-0.2, 0) is 6.54 Å². The van der Waals surface area contributed by atoms with Gasteiger partial charge in [0.2, 0.25) is 0 Å². The van der Waals surface area contributed by atoms with Gasteiger partial charge in [0.1, 0.15) is 17.3 Å². The van der Waals surface area contributed by atoms with Crippen molar-refractivity contribution < 1.29 is 4.39 Å². The number of fused-ring (bicyclic) bond motifs is 1. The Morgan fingerprint density at radius 3 is 2.45 bits per heavy atom. The van der Waals surface area contributed by atoms with Crippen molar-refractivity contribution in [3.8, 4) is 22.4 Å². The van der Waals surface area contributed by atoms with Crippen molar-refractivity contribution in [1.29, 1.82) is 0 Å². The maximum absolute atomic E-state index is 13.5. The first-order valence-corrected chi connectivity index (χ1v) is 10.6. The van der Waals surface area contributed by atoms with E-state index < -0.39 is 0 Å². The molecule has 2 aromatic heterocycles. The fourth-order valence-corrected chi connectivity index (χ4v) is 4.58. The molecule has 3 heterocycles. The molecule has 0 atom stereocenters. The molecule has 3 aromatic rings. The molecule has 0 radical (unpaired) electrons. The van der Waals surface area contributed by atoms with Crippen molar-refractivity contribution in [1.82, 2.24) is 19.8 Å². The highest BCUT2D eigenvalue weighted by Gasteiger charge is 2.27. The highest BCUT2D eigenvalue weighted by atomic mass is 19.1. The number of aromatic nitrogens is 3.